The highest BCUT2D eigenvalue weighted by atomic mass is 32.1. The van der Waals surface area contributed by atoms with Gasteiger partial charge in [0.25, 0.3) is 5.91 Å². The van der Waals surface area contributed by atoms with E-state index in [1.165, 1.54) is 28.2 Å². The normalized spacial score (nSPS) is 22.4. The topological polar surface area (TPSA) is 66.4 Å². The van der Waals surface area contributed by atoms with Gasteiger partial charge in [0, 0.05) is 4.88 Å². The quantitative estimate of drug-likeness (QED) is 0.879. The number of rotatable bonds is 5. The molecule has 114 valence electrons. The second kappa shape index (κ2) is 5.79. The van der Waals surface area contributed by atoms with Gasteiger partial charge in [-0.25, -0.2) is 4.79 Å². The number of carboxylic acid groups (broad SMARTS) is 1. The van der Waals surface area contributed by atoms with Crippen LogP contribution in [-0.2, 0) is 17.6 Å². The zero-order chi connectivity index (χ0) is 15.0. The fourth-order valence-corrected chi connectivity index (χ4v) is 4.07. The second-order valence-electron chi connectivity index (χ2n) is 6.45. The number of carbonyl (C=O) groups is 2. The molecule has 1 amide bonds. The van der Waals surface area contributed by atoms with E-state index in [1.807, 2.05) is 6.07 Å². The average molecular weight is 307 g/mol. The van der Waals surface area contributed by atoms with E-state index in [-0.39, 0.29) is 5.91 Å². The van der Waals surface area contributed by atoms with E-state index in [1.54, 1.807) is 0 Å². The van der Waals surface area contributed by atoms with Crippen molar-refractivity contribution in [2.24, 2.45) is 11.8 Å². The van der Waals surface area contributed by atoms with Crippen LogP contribution in [0.4, 0.5) is 0 Å². The largest absolute Gasteiger partial charge is 0.480 e. The number of fused-ring (bicyclic) bond motifs is 1. The number of amides is 1. The van der Waals surface area contributed by atoms with E-state index in [0.29, 0.717) is 23.1 Å². The van der Waals surface area contributed by atoms with Gasteiger partial charge in [-0.05, 0) is 49.1 Å². The van der Waals surface area contributed by atoms with Crippen molar-refractivity contribution < 1.29 is 14.7 Å². The van der Waals surface area contributed by atoms with Gasteiger partial charge in [-0.2, -0.15) is 0 Å². The van der Waals surface area contributed by atoms with Crippen molar-refractivity contribution in [1.29, 1.82) is 0 Å². The minimum absolute atomic E-state index is 0.227. The summed E-state index contributed by atoms with van der Waals surface area (Å²) in [4.78, 5) is 25.5. The average Bonchev–Trinajstić information content (AvgIpc) is 3.14. The Kier molecular flexibility index (Phi) is 4.02. The summed E-state index contributed by atoms with van der Waals surface area (Å²) in [7, 11) is 0. The molecule has 2 unspecified atom stereocenters. The van der Waals surface area contributed by atoms with Crippen LogP contribution in [0, 0.1) is 11.8 Å². The van der Waals surface area contributed by atoms with Crippen LogP contribution in [0.1, 0.15) is 52.7 Å². The molecule has 21 heavy (non-hydrogen) atoms. The molecule has 2 N–H and O–H groups in total. The van der Waals surface area contributed by atoms with Gasteiger partial charge in [-0.1, -0.05) is 19.8 Å². The summed E-state index contributed by atoms with van der Waals surface area (Å²) in [5.41, 5.74) is 1.28. The van der Waals surface area contributed by atoms with Crippen LogP contribution in [0.15, 0.2) is 6.07 Å². The van der Waals surface area contributed by atoms with Crippen molar-refractivity contribution >= 4 is 23.2 Å². The third-order valence-corrected chi connectivity index (χ3v) is 5.66. The van der Waals surface area contributed by atoms with Crippen LogP contribution >= 0.6 is 11.3 Å². The van der Waals surface area contributed by atoms with E-state index in [4.69, 9.17) is 0 Å². The number of aryl methyl sites for hydroxylation is 1. The maximum Gasteiger partial charge on any atom is 0.326 e. The number of thiophene rings is 1. The predicted octanol–water partition coefficient (Wildman–Crippen LogP) is 2.86. The van der Waals surface area contributed by atoms with Crippen molar-refractivity contribution in [2.75, 3.05) is 0 Å². The molecule has 2 atom stereocenters. The Balaban J connectivity index is 1.68. The maximum absolute atomic E-state index is 12.3. The minimum Gasteiger partial charge on any atom is -0.480 e. The lowest BCUT2D eigenvalue weighted by Gasteiger charge is -2.16. The minimum atomic E-state index is -0.926. The Morgan fingerprint density at radius 2 is 2.19 bits per heavy atom. The van der Waals surface area contributed by atoms with Crippen LogP contribution in [0.2, 0.25) is 0 Å². The van der Waals surface area contributed by atoms with Crippen molar-refractivity contribution in [3.8, 4) is 0 Å². The highest BCUT2D eigenvalue weighted by Crippen LogP contribution is 2.34. The third kappa shape index (κ3) is 3.46. The van der Waals surface area contributed by atoms with Crippen LogP contribution in [0.5, 0.6) is 0 Å². The number of hydrogen-bond donors (Lipinski definition) is 2. The lowest BCUT2D eigenvalue weighted by Crippen LogP contribution is -2.40. The zero-order valence-electron chi connectivity index (χ0n) is 12.2. The van der Waals surface area contributed by atoms with Gasteiger partial charge in [-0.15, -0.1) is 11.3 Å². The molecule has 2 aliphatic rings. The molecule has 0 radical (unpaired) electrons. The maximum atomic E-state index is 12.3. The molecule has 2 aliphatic carbocycles. The standard InChI is InChI=1S/C16H21NO3S/c1-9-2-5-13-11(6-9)8-14(21-13)15(18)17-12(16(19)20)7-10-3-4-10/h8-10,12H,2-7H2,1H3,(H,17,18)(H,19,20). The smallest absolute Gasteiger partial charge is 0.326 e. The molecule has 0 saturated heterocycles. The van der Waals surface area contributed by atoms with Crippen molar-refractivity contribution in [1.82, 2.24) is 5.32 Å². The van der Waals surface area contributed by atoms with Gasteiger partial charge in [0.1, 0.15) is 6.04 Å². The number of hydrogen-bond acceptors (Lipinski definition) is 3. The van der Waals surface area contributed by atoms with Crippen LogP contribution < -0.4 is 5.32 Å². The summed E-state index contributed by atoms with van der Waals surface area (Å²) in [5, 5.41) is 11.9. The monoisotopic (exact) mass is 307 g/mol. The molecule has 0 aliphatic heterocycles. The zero-order valence-corrected chi connectivity index (χ0v) is 13.0. The lowest BCUT2D eigenvalue weighted by molar-refractivity contribution is -0.139. The Hall–Kier alpha value is -1.36. The van der Waals surface area contributed by atoms with Gasteiger partial charge >= 0.3 is 5.97 Å². The Bertz CT molecular complexity index is 562. The van der Waals surface area contributed by atoms with Crippen molar-refractivity contribution in [3.05, 3.63) is 21.4 Å². The summed E-state index contributed by atoms with van der Waals surface area (Å²) in [6.45, 7) is 2.23. The lowest BCUT2D eigenvalue weighted by atomic mass is 9.90. The van der Waals surface area contributed by atoms with Crippen LogP contribution in [0.25, 0.3) is 0 Å². The van der Waals surface area contributed by atoms with Gasteiger partial charge in [0.05, 0.1) is 4.88 Å². The summed E-state index contributed by atoms with van der Waals surface area (Å²) in [5.74, 6) is -0.00580. The molecule has 1 saturated carbocycles. The molecule has 1 aromatic heterocycles. The van der Waals surface area contributed by atoms with Gasteiger partial charge in [-0.3, -0.25) is 4.79 Å². The SMILES string of the molecule is CC1CCc2sc(C(=O)NC(CC3CC3)C(=O)O)cc2C1. The fraction of sp³-hybridized carbons (Fsp3) is 0.625. The highest BCUT2D eigenvalue weighted by Gasteiger charge is 2.31. The fourth-order valence-electron chi connectivity index (χ4n) is 2.96. The van der Waals surface area contributed by atoms with Gasteiger partial charge < -0.3 is 10.4 Å². The summed E-state index contributed by atoms with van der Waals surface area (Å²) >= 11 is 1.53. The molecule has 4 nitrogen and oxygen atoms in total. The molecule has 1 aromatic rings. The number of aliphatic carboxylic acids is 1. The van der Waals surface area contributed by atoms with Crippen molar-refractivity contribution in [2.45, 2.75) is 51.5 Å². The summed E-state index contributed by atoms with van der Waals surface area (Å²) < 4.78 is 0. The molecule has 1 fully saturated rings. The van der Waals surface area contributed by atoms with E-state index in [2.05, 4.69) is 12.2 Å². The Morgan fingerprint density at radius 1 is 1.43 bits per heavy atom. The van der Waals surface area contributed by atoms with Gasteiger partial charge in [0.15, 0.2) is 0 Å². The molecule has 5 heteroatoms. The molecule has 0 spiro atoms. The molecule has 0 bridgehead atoms. The molecular weight excluding hydrogens is 286 g/mol. The Labute approximate surface area is 128 Å². The highest BCUT2D eigenvalue weighted by molar-refractivity contribution is 7.14. The first-order valence-corrected chi connectivity index (χ1v) is 8.50. The molecule has 3 rings (SSSR count). The molecular formula is C16H21NO3S. The predicted molar refractivity (Wildman–Crippen MR) is 81.7 cm³/mol. The number of nitrogens with one attached hydrogen (secondary N) is 1. The first-order chi connectivity index (χ1) is 10.0. The van der Waals surface area contributed by atoms with Crippen LogP contribution in [-0.4, -0.2) is 23.0 Å². The Morgan fingerprint density at radius 3 is 2.86 bits per heavy atom. The van der Waals surface area contributed by atoms with E-state index in [9.17, 15) is 14.7 Å². The number of carbonyl (C=O) groups excluding carboxylic acids is 1. The first-order valence-electron chi connectivity index (χ1n) is 7.68. The second-order valence-corrected chi connectivity index (χ2v) is 7.59. The summed E-state index contributed by atoms with van der Waals surface area (Å²) in [6.07, 6.45) is 5.98. The van der Waals surface area contributed by atoms with E-state index >= 15 is 0 Å². The van der Waals surface area contributed by atoms with Crippen molar-refractivity contribution in [3.63, 3.8) is 0 Å². The van der Waals surface area contributed by atoms with Crippen LogP contribution in [0.3, 0.4) is 0 Å². The summed E-state index contributed by atoms with van der Waals surface area (Å²) in [6, 6.07) is 1.21. The van der Waals surface area contributed by atoms with E-state index in [0.717, 1.165) is 25.7 Å². The molecule has 1 heterocycles. The van der Waals surface area contributed by atoms with E-state index < -0.39 is 12.0 Å². The molecule has 0 aromatic carbocycles. The third-order valence-electron chi connectivity index (χ3n) is 4.42. The van der Waals surface area contributed by atoms with Gasteiger partial charge in [0.2, 0.25) is 0 Å². The first kappa shape index (κ1) is 14.6. The number of carboxylic acids is 1.